The average molecular weight is 436 g/mol. The molecule has 160 valence electrons. The molecule has 0 spiro atoms. The summed E-state index contributed by atoms with van der Waals surface area (Å²) >= 11 is 5.95. The van der Waals surface area contributed by atoms with E-state index in [4.69, 9.17) is 26.2 Å². The summed E-state index contributed by atoms with van der Waals surface area (Å²) in [5, 5.41) is 32.5. The van der Waals surface area contributed by atoms with Gasteiger partial charge in [0.15, 0.2) is 11.5 Å². The van der Waals surface area contributed by atoms with Gasteiger partial charge in [-0.3, -0.25) is 0 Å². The van der Waals surface area contributed by atoms with Gasteiger partial charge in [-0.25, -0.2) is 9.59 Å². The van der Waals surface area contributed by atoms with Gasteiger partial charge in [-0.2, -0.15) is 0 Å². The molecule has 1 aliphatic rings. The van der Waals surface area contributed by atoms with E-state index in [-0.39, 0.29) is 17.5 Å². The molecule has 0 aliphatic carbocycles. The smallest absolute Gasteiger partial charge is 0.349 e. The van der Waals surface area contributed by atoms with Crippen LogP contribution in [0.25, 0.3) is 0 Å². The second-order valence-corrected chi connectivity index (χ2v) is 7.56. The van der Waals surface area contributed by atoms with E-state index in [9.17, 15) is 19.8 Å². The summed E-state index contributed by atoms with van der Waals surface area (Å²) in [6.07, 6.45) is -3.39. The Kier molecular flexibility index (Phi) is 6.81. The van der Waals surface area contributed by atoms with Gasteiger partial charge in [-0.1, -0.05) is 29.8 Å². The Hall–Kier alpha value is -2.81. The number of nitrogens with one attached hydrogen (secondary N) is 1. The van der Waals surface area contributed by atoms with Crippen molar-refractivity contribution in [2.24, 2.45) is 0 Å². The topological polar surface area (TPSA) is 125 Å². The van der Waals surface area contributed by atoms with E-state index in [0.29, 0.717) is 23.6 Å². The van der Waals surface area contributed by atoms with Gasteiger partial charge >= 0.3 is 11.9 Å². The van der Waals surface area contributed by atoms with E-state index in [1.807, 2.05) is 6.92 Å². The zero-order valence-electron chi connectivity index (χ0n) is 16.1. The summed E-state index contributed by atoms with van der Waals surface area (Å²) in [7, 11) is 0. The lowest BCUT2D eigenvalue weighted by molar-refractivity contribution is -0.164. The maximum absolute atomic E-state index is 11.3. The number of carboxylic acid groups (broad SMARTS) is 2. The maximum atomic E-state index is 11.3. The van der Waals surface area contributed by atoms with Crippen LogP contribution >= 0.6 is 11.6 Å². The highest BCUT2D eigenvalue weighted by atomic mass is 35.5. The fourth-order valence-corrected chi connectivity index (χ4v) is 3.39. The zero-order valence-corrected chi connectivity index (χ0v) is 16.9. The monoisotopic (exact) mass is 435 g/mol. The molecule has 4 N–H and O–H groups in total. The third-order valence-electron chi connectivity index (χ3n) is 4.71. The summed E-state index contributed by atoms with van der Waals surface area (Å²) in [6, 6.07) is 12.0. The summed E-state index contributed by atoms with van der Waals surface area (Å²) in [5.41, 5.74) is 1.56. The number of carbonyl (C=O) groups is 2. The molecule has 1 heterocycles. The lowest BCUT2D eigenvalue weighted by Crippen LogP contribution is -2.49. The Balaban J connectivity index is 1.62. The molecule has 0 radical (unpaired) electrons. The number of ether oxygens (including phenoxy) is 2. The number of aliphatic carboxylic acids is 2. The fraction of sp³-hybridized carbons (Fsp3) is 0.333. The maximum Gasteiger partial charge on any atom is 0.349 e. The minimum Gasteiger partial charge on any atom is -0.478 e. The van der Waals surface area contributed by atoms with Crippen molar-refractivity contribution in [2.45, 2.75) is 37.7 Å². The van der Waals surface area contributed by atoms with Gasteiger partial charge in [-0.05, 0) is 48.7 Å². The van der Waals surface area contributed by atoms with Gasteiger partial charge in [0.1, 0.15) is 0 Å². The minimum atomic E-state index is -1.63. The molecule has 0 aromatic heterocycles. The molecule has 0 fully saturated rings. The summed E-state index contributed by atoms with van der Waals surface area (Å²) in [4.78, 5) is 22.6. The summed E-state index contributed by atoms with van der Waals surface area (Å²) in [5.74, 6) is -2.46. The summed E-state index contributed by atoms with van der Waals surface area (Å²) in [6.45, 7) is 2.27. The first kappa shape index (κ1) is 21.9. The first-order valence-electron chi connectivity index (χ1n) is 9.33. The molecule has 0 saturated carbocycles. The van der Waals surface area contributed by atoms with Gasteiger partial charge in [0.2, 0.25) is 12.2 Å². The van der Waals surface area contributed by atoms with E-state index in [2.05, 4.69) is 5.32 Å². The SMILES string of the molecule is CC(Cc1ccc2c(c1)OC(C(=O)O)C(C(=O)O)O2)NCC(O)c1cccc(Cl)c1. The van der Waals surface area contributed by atoms with Gasteiger partial charge in [-0.15, -0.1) is 0 Å². The molecular formula is C21H22ClNO7. The average Bonchev–Trinajstić information content (AvgIpc) is 2.70. The van der Waals surface area contributed by atoms with Gasteiger partial charge in [0.25, 0.3) is 0 Å². The van der Waals surface area contributed by atoms with Crippen molar-refractivity contribution < 1.29 is 34.4 Å². The van der Waals surface area contributed by atoms with Gasteiger partial charge < -0.3 is 30.1 Å². The molecule has 30 heavy (non-hydrogen) atoms. The quantitative estimate of drug-likeness (QED) is 0.497. The second-order valence-electron chi connectivity index (χ2n) is 7.12. The molecule has 2 aromatic carbocycles. The third kappa shape index (κ3) is 5.21. The predicted molar refractivity (Wildman–Crippen MR) is 108 cm³/mol. The van der Waals surface area contributed by atoms with Crippen molar-refractivity contribution in [1.29, 1.82) is 0 Å². The normalized spacial score (nSPS) is 19.7. The van der Waals surface area contributed by atoms with Crippen molar-refractivity contribution in [3.8, 4) is 11.5 Å². The zero-order chi connectivity index (χ0) is 21.8. The number of halogens is 1. The molecule has 0 saturated heterocycles. The minimum absolute atomic E-state index is 0.0107. The van der Waals surface area contributed by atoms with Crippen LogP contribution in [-0.4, -0.2) is 52.1 Å². The largest absolute Gasteiger partial charge is 0.478 e. The fourth-order valence-electron chi connectivity index (χ4n) is 3.20. The first-order chi connectivity index (χ1) is 14.2. The first-order valence-corrected chi connectivity index (χ1v) is 9.71. The number of benzene rings is 2. The molecule has 1 aliphatic heterocycles. The number of rotatable bonds is 8. The Morgan fingerprint density at radius 2 is 1.73 bits per heavy atom. The molecule has 9 heteroatoms. The van der Waals surface area contributed by atoms with Crippen molar-refractivity contribution in [3.63, 3.8) is 0 Å². The van der Waals surface area contributed by atoms with E-state index in [0.717, 1.165) is 5.56 Å². The van der Waals surface area contributed by atoms with Gasteiger partial charge in [0, 0.05) is 17.6 Å². The van der Waals surface area contributed by atoms with Crippen LogP contribution in [0, 0.1) is 0 Å². The van der Waals surface area contributed by atoms with Crippen molar-refractivity contribution >= 4 is 23.5 Å². The van der Waals surface area contributed by atoms with E-state index >= 15 is 0 Å². The molecule has 0 amide bonds. The molecule has 8 nitrogen and oxygen atoms in total. The predicted octanol–water partition coefficient (Wildman–Crippen LogP) is 2.27. The van der Waals surface area contributed by atoms with E-state index < -0.39 is 30.3 Å². The third-order valence-corrected chi connectivity index (χ3v) is 4.95. The number of hydrogen-bond donors (Lipinski definition) is 4. The Morgan fingerprint density at radius 1 is 1.07 bits per heavy atom. The number of aliphatic hydroxyl groups is 1. The van der Waals surface area contributed by atoms with E-state index in [1.165, 1.54) is 0 Å². The standard InChI is InChI=1S/C21H22ClNO7/c1-11(23-10-15(24)13-3-2-4-14(22)9-13)7-12-5-6-16-17(8-12)30-19(21(27)28)18(29-16)20(25)26/h2-6,8-9,11,15,18-19,23-24H,7,10H2,1H3,(H,25,26)(H,27,28). The molecule has 4 atom stereocenters. The second kappa shape index (κ2) is 9.34. The highest BCUT2D eigenvalue weighted by molar-refractivity contribution is 6.30. The Morgan fingerprint density at radius 3 is 2.37 bits per heavy atom. The van der Waals surface area contributed by atoms with Crippen molar-refractivity contribution in [1.82, 2.24) is 5.32 Å². The van der Waals surface area contributed by atoms with Crippen LogP contribution in [0.2, 0.25) is 5.02 Å². The van der Waals surface area contributed by atoms with Crippen LogP contribution in [0.3, 0.4) is 0 Å². The number of carboxylic acids is 2. The molecule has 4 unspecified atom stereocenters. The van der Waals surface area contributed by atoms with Crippen molar-refractivity contribution in [2.75, 3.05) is 6.54 Å². The Bertz CT molecular complexity index is 935. The molecule has 3 rings (SSSR count). The van der Waals surface area contributed by atoms with Crippen LogP contribution in [0.5, 0.6) is 11.5 Å². The van der Waals surface area contributed by atoms with Crippen molar-refractivity contribution in [3.05, 3.63) is 58.6 Å². The number of fused-ring (bicyclic) bond motifs is 1. The molecular weight excluding hydrogens is 414 g/mol. The number of hydrogen-bond acceptors (Lipinski definition) is 6. The lowest BCUT2D eigenvalue weighted by Gasteiger charge is -2.29. The highest BCUT2D eigenvalue weighted by Crippen LogP contribution is 2.35. The van der Waals surface area contributed by atoms with Crippen LogP contribution < -0.4 is 14.8 Å². The van der Waals surface area contributed by atoms with Crippen LogP contribution in [0.1, 0.15) is 24.2 Å². The van der Waals surface area contributed by atoms with Crippen LogP contribution in [0.15, 0.2) is 42.5 Å². The molecule has 0 bridgehead atoms. The molecule has 2 aromatic rings. The van der Waals surface area contributed by atoms with Crippen LogP contribution in [0.4, 0.5) is 0 Å². The highest BCUT2D eigenvalue weighted by Gasteiger charge is 2.42. The Labute approximate surface area is 178 Å². The summed E-state index contributed by atoms with van der Waals surface area (Å²) < 4.78 is 10.7. The van der Waals surface area contributed by atoms with Crippen LogP contribution in [-0.2, 0) is 16.0 Å². The van der Waals surface area contributed by atoms with Gasteiger partial charge in [0.05, 0.1) is 6.10 Å². The van der Waals surface area contributed by atoms with E-state index in [1.54, 1.807) is 42.5 Å². The lowest BCUT2D eigenvalue weighted by atomic mass is 10.0. The number of aliphatic hydroxyl groups excluding tert-OH is 1.